The molecule has 0 heterocycles. The van der Waals surface area contributed by atoms with Crippen LogP contribution in [0.5, 0.6) is 0 Å². The van der Waals surface area contributed by atoms with Gasteiger partial charge in [-0.25, -0.2) is 4.79 Å². The number of carbonyl (C=O) groups excluding carboxylic acids is 1. The molecular weight excluding hydrogens is 435 g/mol. The normalized spacial score (nSPS) is 11.8. The zero-order valence-corrected chi connectivity index (χ0v) is 18.5. The van der Waals surface area contributed by atoms with E-state index in [2.05, 4.69) is 24.3 Å². The third-order valence-corrected chi connectivity index (χ3v) is 4.83. The zero-order chi connectivity index (χ0) is 24.7. The van der Waals surface area contributed by atoms with E-state index in [0.717, 1.165) is 32.2 Å². The number of nitrogens with zero attached hydrogens (tertiary/aromatic N) is 1. The van der Waals surface area contributed by atoms with Crippen molar-refractivity contribution in [1.29, 1.82) is 0 Å². The van der Waals surface area contributed by atoms with Crippen molar-refractivity contribution in [2.24, 2.45) is 11.5 Å². The predicted molar refractivity (Wildman–Crippen MR) is 121 cm³/mol. The molecule has 0 saturated carbocycles. The summed E-state index contributed by atoms with van der Waals surface area (Å²) in [7, 11) is 0. The maximum atomic E-state index is 12.8. The molecule has 1 atom stereocenters. The monoisotopic (exact) mass is 467 g/mol. The van der Waals surface area contributed by atoms with Gasteiger partial charge in [-0.1, -0.05) is 60.7 Å². The van der Waals surface area contributed by atoms with Gasteiger partial charge in [-0.05, 0) is 49.8 Å². The lowest BCUT2D eigenvalue weighted by atomic mass is 10.0. The number of nitrogens with two attached hydrogens (primary N) is 2. The molecule has 0 saturated heterocycles. The van der Waals surface area contributed by atoms with E-state index in [-0.39, 0.29) is 5.91 Å². The Labute approximate surface area is 192 Å². The molecule has 0 aliphatic carbocycles. The van der Waals surface area contributed by atoms with Crippen LogP contribution in [0.4, 0.5) is 13.2 Å². The summed E-state index contributed by atoms with van der Waals surface area (Å²) in [5.74, 6) is -2.71. The fourth-order valence-corrected chi connectivity index (χ4v) is 3.06. The van der Waals surface area contributed by atoms with Gasteiger partial charge in [-0.3, -0.25) is 4.79 Å². The van der Waals surface area contributed by atoms with Crippen molar-refractivity contribution >= 4 is 11.9 Å². The molecule has 6 nitrogen and oxygen atoms in total. The van der Waals surface area contributed by atoms with Gasteiger partial charge in [0.1, 0.15) is 0 Å². The van der Waals surface area contributed by atoms with E-state index in [4.69, 9.17) is 21.4 Å². The Bertz CT molecular complexity index is 818. The molecule has 2 aromatic rings. The summed E-state index contributed by atoms with van der Waals surface area (Å²) in [6.07, 6.45) is -0.885. The molecule has 9 heteroatoms. The first-order valence-corrected chi connectivity index (χ1v) is 10.8. The van der Waals surface area contributed by atoms with E-state index in [9.17, 15) is 18.0 Å². The Morgan fingerprint density at radius 1 is 0.879 bits per heavy atom. The quantitative estimate of drug-likeness (QED) is 0.469. The molecule has 33 heavy (non-hydrogen) atoms. The molecule has 2 aromatic carbocycles. The minimum absolute atomic E-state index is 0.0439. The Morgan fingerprint density at radius 2 is 1.33 bits per heavy atom. The number of aliphatic carboxylic acids is 1. The van der Waals surface area contributed by atoms with Gasteiger partial charge in [-0.2, -0.15) is 13.2 Å². The Morgan fingerprint density at radius 3 is 1.79 bits per heavy atom. The lowest BCUT2D eigenvalue weighted by molar-refractivity contribution is -0.192. The lowest BCUT2D eigenvalue weighted by Crippen LogP contribution is -2.45. The van der Waals surface area contributed by atoms with Gasteiger partial charge < -0.3 is 21.5 Å². The summed E-state index contributed by atoms with van der Waals surface area (Å²) >= 11 is 0. The van der Waals surface area contributed by atoms with Crippen molar-refractivity contribution < 1.29 is 27.9 Å². The first-order chi connectivity index (χ1) is 15.6. The number of amides is 1. The number of carbonyl (C=O) groups is 2. The lowest BCUT2D eigenvalue weighted by Gasteiger charge is -2.26. The van der Waals surface area contributed by atoms with Crippen LogP contribution in [-0.4, -0.2) is 53.7 Å². The highest BCUT2D eigenvalue weighted by Gasteiger charge is 2.38. The largest absolute Gasteiger partial charge is 0.490 e. The molecule has 0 unspecified atom stereocenters. The molecular formula is C24H32F3N3O3. The second kappa shape index (κ2) is 15.0. The smallest absolute Gasteiger partial charge is 0.475 e. The summed E-state index contributed by atoms with van der Waals surface area (Å²) in [5.41, 5.74) is 14.4. The topological polar surface area (TPSA) is 110 Å². The molecule has 0 spiro atoms. The number of hydrogen-bond donors (Lipinski definition) is 3. The van der Waals surface area contributed by atoms with Crippen LogP contribution in [0.1, 0.15) is 30.4 Å². The molecule has 0 aliphatic heterocycles. The number of carboxylic acid groups (broad SMARTS) is 1. The fraction of sp³-hybridized carbons (Fsp3) is 0.417. The number of alkyl halides is 3. The number of rotatable bonds is 11. The van der Waals surface area contributed by atoms with Crippen LogP contribution in [0.25, 0.3) is 0 Å². The van der Waals surface area contributed by atoms with Crippen molar-refractivity contribution in [3.63, 3.8) is 0 Å². The Kier molecular flexibility index (Phi) is 12.8. The summed E-state index contributed by atoms with van der Waals surface area (Å²) in [5, 5.41) is 7.12. The van der Waals surface area contributed by atoms with Crippen LogP contribution in [0.3, 0.4) is 0 Å². The Balaban J connectivity index is 0.000000675. The average Bonchev–Trinajstić information content (AvgIpc) is 2.80. The number of halogens is 3. The van der Waals surface area contributed by atoms with Crippen LogP contribution < -0.4 is 11.5 Å². The van der Waals surface area contributed by atoms with Crippen LogP contribution in [-0.2, 0) is 22.4 Å². The number of aryl methyl sites for hydroxylation is 2. The van der Waals surface area contributed by atoms with Crippen LogP contribution in [0.2, 0.25) is 0 Å². The second-order valence-corrected chi connectivity index (χ2v) is 7.49. The van der Waals surface area contributed by atoms with E-state index in [1.54, 1.807) is 0 Å². The molecule has 5 N–H and O–H groups in total. The maximum Gasteiger partial charge on any atom is 0.490 e. The van der Waals surface area contributed by atoms with Gasteiger partial charge in [0, 0.05) is 13.1 Å². The highest BCUT2D eigenvalue weighted by molar-refractivity contribution is 5.81. The summed E-state index contributed by atoms with van der Waals surface area (Å²) in [6.45, 7) is 2.00. The fourth-order valence-electron chi connectivity index (χ4n) is 3.06. The minimum Gasteiger partial charge on any atom is -0.475 e. The van der Waals surface area contributed by atoms with Crippen molar-refractivity contribution in [2.75, 3.05) is 19.6 Å². The molecule has 0 fully saturated rings. The van der Waals surface area contributed by atoms with Crippen molar-refractivity contribution in [1.82, 2.24) is 4.90 Å². The van der Waals surface area contributed by atoms with Gasteiger partial charge in [0.2, 0.25) is 5.91 Å². The molecule has 1 amide bonds. The molecule has 0 aliphatic rings. The van der Waals surface area contributed by atoms with E-state index in [1.807, 2.05) is 41.3 Å². The van der Waals surface area contributed by atoms with Gasteiger partial charge in [0.15, 0.2) is 0 Å². The molecule has 0 bridgehead atoms. The Hall–Kier alpha value is -2.91. The highest BCUT2D eigenvalue weighted by atomic mass is 19.4. The van der Waals surface area contributed by atoms with Crippen LogP contribution >= 0.6 is 0 Å². The summed E-state index contributed by atoms with van der Waals surface area (Å²) < 4.78 is 31.7. The summed E-state index contributed by atoms with van der Waals surface area (Å²) in [6, 6.07) is 20.1. The van der Waals surface area contributed by atoms with Gasteiger partial charge in [-0.15, -0.1) is 0 Å². The van der Waals surface area contributed by atoms with Gasteiger partial charge >= 0.3 is 12.1 Å². The minimum atomic E-state index is -5.08. The third-order valence-electron chi connectivity index (χ3n) is 4.83. The van der Waals surface area contributed by atoms with E-state index in [0.29, 0.717) is 19.5 Å². The maximum absolute atomic E-state index is 12.8. The number of hydrogen-bond acceptors (Lipinski definition) is 4. The number of benzene rings is 2. The highest BCUT2D eigenvalue weighted by Crippen LogP contribution is 2.13. The first-order valence-electron chi connectivity index (χ1n) is 10.8. The average molecular weight is 468 g/mol. The first kappa shape index (κ1) is 28.1. The van der Waals surface area contributed by atoms with Crippen molar-refractivity contribution in [2.45, 2.75) is 44.3 Å². The molecule has 2 rings (SSSR count). The number of carboxylic acids is 1. The SMILES string of the molecule is NCCCN(CCCc1ccccc1)C(=O)[C@@H](N)CCc1ccccc1.O=C(O)C(F)(F)F. The predicted octanol–water partition coefficient (Wildman–Crippen LogP) is 3.39. The second-order valence-electron chi connectivity index (χ2n) is 7.49. The van der Waals surface area contributed by atoms with E-state index >= 15 is 0 Å². The van der Waals surface area contributed by atoms with Crippen molar-refractivity contribution in [3.8, 4) is 0 Å². The molecule has 0 aromatic heterocycles. The van der Waals surface area contributed by atoms with E-state index < -0.39 is 18.2 Å². The van der Waals surface area contributed by atoms with Gasteiger partial charge in [0.05, 0.1) is 6.04 Å². The molecule has 182 valence electrons. The standard InChI is InChI=1S/C22H31N3O.C2HF3O2/c23-16-8-18-25(17-7-13-19-9-3-1-4-10-19)22(26)21(24)15-14-20-11-5-2-6-12-20;3-2(4,5)1(6)7/h1-6,9-12,21H,7-8,13-18,23-24H2;(H,6,7)/t21-;/m0./s1. The molecule has 0 radical (unpaired) electrons. The van der Waals surface area contributed by atoms with Crippen LogP contribution in [0.15, 0.2) is 60.7 Å². The van der Waals surface area contributed by atoms with Gasteiger partial charge in [0.25, 0.3) is 0 Å². The van der Waals surface area contributed by atoms with Crippen molar-refractivity contribution in [3.05, 3.63) is 71.8 Å². The van der Waals surface area contributed by atoms with Crippen LogP contribution in [0, 0.1) is 0 Å². The zero-order valence-electron chi connectivity index (χ0n) is 18.5. The summed E-state index contributed by atoms with van der Waals surface area (Å²) in [4.78, 5) is 23.6. The third kappa shape index (κ3) is 12.1. The van der Waals surface area contributed by atoms with E-state index in [1.165, 1.54) is 11.1 Å².